The van der Waals surface area contributed by atoms with Crippen LogP contribution in [0.25, 0.3) is 0 Å². The lowest BCUT2D eigenvalue weighted by Crippen LogP contribution is -2.48. The van der Waals surface area contributed by atoms with E-state index >= 15 is 0 Å². The zero-order valence-corrected chi connectivity index (χ0v) is 13.8. The highest BCUT2D eigenvalue weighted by atomic mass is 16.5. The molecule has 0 aromatic carbocycles. The fraction of sp³-hybridized carbons (Fsp3) is 1.00. The molecule has 0 heterocycles. The summed E-state index contributed by atoms with van der Waals surface area (Å²) >= 11 is 0. The summed E-state index contributed by atoms with van der Waals surface area (Å²) < 4.78 is 16.3. The van der Waals surface area contributed by atoms with E-state index in [9.17, 15) is 0 Å². The minimum atomic E-state index is 0.368. The quantitative estimate of drug-likeness (QED) is 0.462. The van der Waals surface area contributed by atoms with Crippen LogP contribution in [0.5, 0.6) is 0 Å². The van der Waals surface area contributed by atoms with Gasteiger partial charge in [-0.3, -0.25) is 4.90 Å². The van der Waals surface area contributed by atoms with Gasteiger partial charge in [-0.15, -0.1) is 0 Å². The molecule has 0 rings (SSSR count). The van der Waals surface area contributed by atoms with E-state index in [-0.39, 0.29) is 0 Å². The molecule has 1 unspecified atom stereocenters. The Morgan fingerprint density at radius 3 is 2.05 bits per heavy atom. The van der Waals surface area contributed by atoms with Crippen LogP contribution < -0.4 is 5.32 Å². The van der Waals surface area contributed by atoms with Crippen LogP contribution in [0.15, 0.2) is 0 Å². The Labute approximate surface area is 124 Å². The Hall–Kier alpha value is -0.200. The summed E-state index contributed by atoms with van der Waals surface area (Å²) in [7, 11) is 1.76. The van der Waals surface area contributed by atoms with Gasteiger partial charge in [-0.1, -0.05) is 6.92 Å². The summed E-state index contributed by atoms with van der Waals surface area (Å²) in [6, 6.07) is 0.368. The number of nitrogens with one attached hydrogen (secondary N) is 1. The molecule has 122 valence electrons. The lowest BCUT2D eigenvalue weighted by atomic mass is 10.2. The fourth-order valence-corrected chi connectivity index (χ4v) is 2.06. The topological polar surface area (TPSA) is 43.0 Å². The maximum atomic E-state index is 5.48. The molecule has 0 aromatic heterocycles. The number of ether oxygens (including phenoxy) is 3. The van der Waals surface area contributed by atoms with E-state index in [1.165, 1.54) is 0 Å². The predicted octanol–water partition coefficient (Wildman–Crippen LogP) is 1.38. The Morgan fingerprint density at radius 1 is 1.00 bits per heavy atom. The molecule has 0 aliphatic heterocycles. The highest BCUT2D eigenvalue weighted by Gasteiger charge is 2.17. The van der Waals surface area contributed by atoms with Crippen molar-refractivity contribution < 1.29 is 14.2 Å². The summed E-state index contributed by atoms with van der Waals surface area (Å²) in [4.78, 5) is 2.40. The maximum absolute atomic E-state index is 5.48. The number of hydrogen-bond donors (Lipinski definition) is 1. The van der Waals surface area contributed by atoms with Crippen molar-refractivity contribution in [3.05, 3.63) is 0 Å². The van der Waals surface area contributed by atoms with Crippen molar-refractivity contribution in [3.63, 3.8) is 0 Å². The van der Waals surface area contributed by atoms with E-state index in [1.54, 1.807) is 7.11 Å². The monoisotopic (exact) mass is 290 g/mol. The van der Waals surface area contributed by atoms with Crippen molar-refractivity contribution in [2.75, 3.05) is 66.3 Å². The molecule has 0 amide bonds. The Balaban J connectivity index is 4.27. The van der Waals surface area contributed by atoms with E-state index in [1.807, 2.05) is 13.8 Å². The molecule has 0 aliphatic carbocycles. The van der Waals surface area contributed by atoms with Crippen LogP contribution in [0.2, 0.25) is 0 Å². The van der Waals surface area contributed by atoms with E-state index in [2.05, 4.69) is 17.1 Å². The number of hydrogen-bond acceptors (Lipinski definition) is 5. The molecular weight excluding hydrogens is 256 g/mol. The zero-order valence-electron chi connectivity index (χ0n) is 13.8. The molecule has 0 fully saturated rings. The lowest BCUT2D eigenvalue weighted by Gasteiger charge is -2.31. The second-order valence-corrected chi connectivity index (χ2v) is 4.74. The van der Waals surface area contributed by atoms with E-state index in [4.69, 9.17) is 14.2 Å². The molecule has 0 saturated heterocycles. The second kappa shape index (κ2) is 15.2. The Bertz CT molecular complexity index is 184. The minimum Gasteiger partial charge on any atom is -0.383 e. The molecule has 1 N–H and O–H groups in total. The van der Waals surface area contributed by atoms with Gasteiger partial charge in [0.2, 0.25) is 0 Å². The van der Waals surface area contributed by atoms with E-state index in [0.29, 0.717) is 6.04 Å². The van der Waals surface area contributed by atoms with Crippen LogP contribution in [0, 0.1) is 0 Å². The third kappa shape index (κ3) is 10.6. The van der Waals surface area contributed by atoms with Gasteiger partial charge in [-0.2, -0.15) is 0 Å². The minimum absolute atomic E-state index is 0.368. The standard InChI is InChI=1S/C15H34N2O3/c1-5-8-16-13-15(14-18-4)17(9-11-19-6-2)10-12-20-7-3/h15-16H,5-14H2,1-4H3. The van der Waals surface area contributed by atoms with Crippen LogP contribution in [0.3, 0.4) is 0 Å². The largest absolute Gasteiger partial charge is 0.383 e. The molecular formula is C15H34N2O3. The van der Waals surface area contributed by atoms with Crippen molar-refractivity contribution in [3.8, 4) is 0 Å². The average Bonchev–Trinajstić information content (AvgIpc) is 2.45. The second-order valence-electron chi connectivity index (χ2n) is 4.74. The summed E-state index contributed by atoms with van der Waals surface area (Å²) in [6.07, 6.45) is 1.15. The Kier molecular flexibility index (Phi) is 15.0. The number of rotatable bonds is 15. The van der Waals surface area contributed by atoms with Crippen molar-refractivity contribution in [1.29, 1.82) is 0 Å². The first kappa shape index (κ1) is 19.8. The van der Waals surface area contributed by atoms with Gasteiger partial charge in [0, 0.05) is 46.0 Å². The summed E-state index contributed by atoms with van der Waals surface area (Å²) in [6.45, 7) is 13.9. The van der Waals surface area contributed by atoms with Gasteiger partial charge in [-0.25, -0.2) is 0 Å². The average molecular weight is 290 g/mol. The van der Waals surface area contributed by atoms with E-state index in [0.717, 1.165) is 65.6 Å². The van der Waals surface area contributed by atoms with Crippen LogP contribution in [-0.2, 0) is 14.2 Å². The molecule has 0 saturated carbocycles. The summed E-state index contributed by atoms with van der Waals surface area (Å²) in [5.74, 6) is 0. The first-order valence-corrected chi connectivity index (χ1v) is 7.89. The van der Waals surface area contributed by atoms with Gasteiger partial charge in [-0.05, 0) is 26.8 Å². The van der Waals surface area contributed by atoms with Gasteiger partial charge in [0.05, 0.1) is 19.8 Å². The summed E-state index contributed by atoms with van der Waals surface area (Å²) in [5, 5.41) is 3.48. The number of nitrogens with zero attached hydrogens (tertiary/aromatic N) is 1. The molecule has 5 heteroatoms. The van der Waals surface area contributed by atoms with Crippen LogP contribution >= 0.6 is 0 Å². The smallest absolute Gasteiger partial charge is 0.0630 e. The SMILES string of the molecule is CCCNCC(COC)N(CCOCC)CCOCC. The van der Waals surface area contributed by atoms with Gasteiger partial charge < -0.3 is 19.5 Å². The lowest BCUT2D eigenvalue weighted by molar-refractivity contribution is 0.0355. The van der Waals surface area contributed by atoms with Gasteiger partial charge in [0.15, 0.2) is 0 Å². The third-order valence-electron chi connectivity index (χ3n) is 3.14. The zero-order chi connectivity index (χ0) is 15.1. The van der Waals surface area contributed by atoms with Crippen molar-refractivity contribution in [1.82, 2.24) is 10.2 Å². The van der Waals surface area contributed by atoms with E-state index < -0.39 is 0 Å². The predicted molar refractivity (Wildman–Crippen MR) is 83.4 cm³/mol. The third-order valence-corrected chi connectivity index (χ3v) is 3.14. The molecule has 0 aliphatic rings. The first-order chi connectivity index (χ1) is 9.79. The highest BCUT2D eigenvalue weighted by Crippen LogP contribution is 2.01. The summed E-state index contributed by atoms with van der Waals surface area (Å²) in [5.41, 5.74) is 0. The van der Waals surface area contributed by atoms with Gasteiger partial charge >= 0.3 is 0 Å². The Morgan fingerprint density at radius 2 is 1.60 bits per heavy atom. The molecule has 0 spiro atoms. The molecule has 0 bridgehead atoms. The molecule has 20 heavy (non-hydrogen) atoms. The van der Waals surface area contributed by atoms with Crippen molar-refractivity contribution in [2.24, 2.45) is 0 Å². The fourth-order valence-electron chi connectivity index (χ4n) is 2.06. The normalized spacial score (nSPS) is 13.1. The maximum Gasteiger partial charge on any atom is 0.0630 e. The molecule has 0 radical (unpaired) electrons. The molecule has 1 atom stereocenters. The molecule has 5 nitrogen and oxygen atoms in total. The van der Waals surface area contributed by atoms with Gasteiger partial charge in [0.1, 0.15) is 0 Å². The van der Waals surface area contributed by atoms with Crippen LogP contribution in [0.4, 0.5) is 0 Å². The highest BCUT2D eigenvalue weighted by molar-refractivity contribution is 4.74. The van der Waals surface area contributed by atoms with Crippen LogP contribution in [0.1, 0.15) is 27.2 Å². The number of methoxy groups -OCH3 is 1. The van der Waals surface area contributed by atoms with Crippen molar-refractivity contribution >= 4 is 0 Å². The van der Waals surface area contributed by atoms with Gasteiger partial charge in [0.25, 0.3) is 0 Å². The van der Waals surface area contributed by atoms with Crippen molar-refractivity contribution in [2.45, 2.75) is 33.2 Å². The van der Waals surface area contributed by atoms with Crippen LogP contribution in [-0.4, -0.2) is 77.3 Å². The molecule has 0 aromatic rings. The first-order valence-electron chi connectivity index (χ1n) is 7.89.